The van der Waals surface area contributed by atoms with E-state index >= 15 is 0 Å². The summed E-state index contributed by atoms with van der Waals surface area (Å²) in [5, 5.41) is 3.09. The van der Waals surface area contributed by atoms with Crippen molar-refractivity contribution in [1.29, 1.82) is 0 Å². The second kappa shape index (κ2) is 12.9. The standard InChI is InChI=1S/C29H36N2O4/c1-5-31(6-2)16-15-30-29(33)25-19-23(17-21-7-11-26(34-3)12-8-21)28(32)24(20-25)18-22-9-13-27(35-4)14-10-22/h7-14,17-18,25H,5-6,15-16,19-20H2,1-4H3,(H,30,33)/b23-17+,24-18+. The number of carbonyl (C=O) groups is 2. The first kappa shape index (κ1) is 26.2. The average molecular weight is 477 g/mol. The molecule has 1 aliphatic rings. The lowest BCUT2D eigenvalue weighted by Gasteiger charge is -2.26. The minimum Gasteiger partial charge on any atom is -0.497 e. The molecular weight excluding hydrogens is 440 g/mol. The maximum absolute atomic E-state index is 13.4. The highest BCUT2D eigenvalue weighted by atomic mass is 16.5. The molecule has 0 heterocycles. The molecule has 1 fully saturated rings. The number of carbonyl (C=O) groups excluding carboxylic acids is 2. The number of ether oxygens (including phenoxy) is 2. The molecule has 0 bridgehead atoms. The monoisotopic (exact) mass is 476 g/mol. The van der Waals surface area contributed by atoms with E-state index in [4.69, 9.17) is 9.47 Å². The van der Waals surface area contributed by atoms with E-state index in [0.717, 1.165) is 42.3 Å². The fraction of sp³-hybridized carbons (Fsp3) is 0.379. The Kier molecular flexibility index (Phi) is 9.67. The SMILES string of the molecule is CCN(CC)CCNC(=O)C1C/C(=C\c2ccc(OC)cc2)C(=O)/C(=C/c2ccc(OC)cc2)C1. The molecule has 6 nitrogen and oxygen atoms in total. The van der Waals surface area contributed by atoms with Crippen LogP contribution in [0.15, 0.2) is 59.7 Å². The second-order valence-electron chi connectivity index (χ2n) is 8.64. The smallest absolute Gasteiger partial charge is 0.223 e. The topological polar surface area (TPSA) is 67.9 Å². The Bertz CT molecular complexity index is 982. The van der Waals surface area contributed by atoms with Gasteiger partial charge in [0.2, 0.25) is 5.91 Å². The molecule has 186 valence electrons. The molecule has 2 aromatic rings. The predicted molar refractivity (Wildman–Crippen MR) is 140 cm³/mol. The van der Waals surface area contributed by atoms with Gasteiger partial charge in [-0.1, -0.05) is 38.1 Å². The van der Waals surface area contributed by atoms with Gasteiger partial charge >= 0.3 is 0 Å². The number of hydrogen-bond donors (Lipinski definition) is 1. The molecule has 2 aromatic carbocycles. The van der Waals surface area contributed by atoms with Crippen LogP contribution in [0, 0.1) is 5.92 Å². The number of nitrogens with zero attached hydrogens (tertiary/aromatic N) is 1. The van der Waals surface area contributed by atoms with Crippen LogP contribution in [0.2, 0.25) is 0 Å². The van der Waals surface area contributed by atoms with Crippen molar-refractivity contribution in [3.05, 3.63) is 70.8 Å². The van der Waals surface area contributed by atoms with Crippen molar-refractivity contribution in [3.63, 3.8) is 0 Å². The number of methoxy groups -OCH3 is 2. The maximum Gasteiger partial charge on any atom is 0.223 e. The molecule has 1 amide bonds. The van der Waals surface area contributed by atoms with E-state index < -0.39 is 0 Å². The van der Waals surface area contributed by atoms with E-state index in [0.29, 0.717) is 30.5 Å². The van der Waals surface area contributed by atoms with Gasteiger partial charge < -0.3 is 19.7 Å². The number of ketones is 1. The third-order valence-corrected chi connectivity index (χ3v) is 6.42. The van der Waals surface area contributed by atoms with Gasteiger partial charge in [0.05, 0.1) is 14.2 Å². The molecule has 35 heavy (non-hydrogen) atoms. The van der Waals surface area contributed by atoms with Crippen molar-refractivity contribution in [2.24, 2.45) is 5.92 Å². The molecule has 0 aliphatic heterocycles. The van der Waals surface area contributed by atoms with Gasteiger partial charge in [0, 0.05) is 30.2 Å². The molecule has 0 spiro atoms. The number of benzene rings is 2. The van der Waals surface area contributed by atoms with Crippen molar-refractivity contribution in [1.82, 2.24) is 10.2 Å². The highest BCUT2D eigenvalue weighted by molar-refractivity contribution is 6.15. The summed E-state index contributed by atoms with van der Waals surface area (Å²) in [7, 11) is 3.25. The van der Waals surface area contributed by atoms with E-state index in [-0.39, 0.29) is 17.6 Å². The lowest BCUT2D eigenvalue weighted by molar-refractivity contribution is -0.125. The third-order valence-electron chi connectivity index (χ3n) is 6.42. The molecule has 0 atom stereocenters. The van der Waals surface area contributed by atoms with Crippen LogP contribution >= 0.6 is 0 Å². The van der Waals surface area contributed by atoms with Crippen molar-refractivity contribution in [2.45, 2.75) is 26.7 Å². The first-order chi connectivity index (χ1) is 17.0. The van der Waals surface area contributed by atoms with E-state index in [2.05, 4.69) is 24.1 Å². The molecular formula is C29H36N2O4. The third kappa shape index (κ3) is 7.30. The van der Waals surface area contributed by atoms with Crippen LogP contribution in [0.25, 0.3) is 12.2 Å². The predicted octanol–water partition coefficient (Wildman–Crippen LogP) is 4.61. The fourth-order valence-electron chi connectivity index (χ4n) is 4.25. The number of amides is 1. The van der Waals surface area contributed by atoms with Crippen LogP contribution in [-0.4, -0.2) is 57.0 Å². The first-order valence-corrected chi connectivity index (χ1v) is 12.2. The number of nitrogens with one attached hydrogen (secondary N) is 1. The first-order valence-electron chi connectivity index (χ1n) is 12.2. The number of Topliss-reactive ketones (excluding diaryl/α,β-unsaturated/α-hetero) is 1. The molecule has 3 rings (SSSR count). The molecule has 0 saturated heterocycles. The Morgan fingerprint density at radius 2 is 1.34 bits per heavy atom. The van der Waals surface area contributed by atoms with E-state index in [1.807, 2.05) is 60.7 Å². The minimum atomic E-state index is -0.293. The maximum atomic E-state index is 13.4. The molecule has 1 aliphatic carbocycles. The van der Waals surface area contributed by atoms with Gasteiger partial charge in [0.15, 0.2) is 5.78 Å². The summed E-state index contributed by atoms with van der Waals surface area (Å²) >= 11 is 0. The Balaban J connectivity index is 1.84. The van der Waals surface area contributed by atoms with Crippen LogP contribution in [0.5, 0.6) is 11.5 Å². The molecule has 1 saturated carbocycles. The molecule has 0 unspecified atom stereocenters. The van der Waals surface area contributed by atoms with Crippen LogP contribution in [-0.2, 0) is 9.59 Å². The van der Waals surface area contributed by atoms with Crippen molar-refractivity contribution < 1.29 is 19.1 Å². The lowest BCUT2D eigenvalue weighted by atomic mass is 9.79. The second-order valence-corrected chi connectivity index (χ2v) is 8.64. The molecule has 0 radical (unpaired) electrons. The van der Waals surface area contributed by atoms with E-state index in [1.54, 1.807) is 14.2 Å². The molecule has 0 aromatic heterocycles. The summed E-state index contributed by atoms with van der Waals surface area (Å²) < 4.78 is 10.5. The van der Waals surface area contributed by atoms with Crippen LogP contribution in [0.3, 0.4) is 0 Å². The summed E-state index contributed by atoms with van der Waals surface area (Å²) in [4.78, 5) is 28.8. The van der Waals surface area contributed by atoms with Gasteiger partial charge in [-0.3, -0.25) is 9.59 Å². The summed E-state index contributed by atoms with van der Waals surface area (Å²) in [5.41, 5.74) is 3.09. The summed E-state index contributed by atoms with van der Waals surface area (Å²) in [6.07, 6.45) is 4.61. The van der Waals surface area contributed by atoms with Crippen molar-refractivity contribution in [2.75, 3.05) is 40.4 Å². The van der Waals surface area contributed by atoms with Crippen LogP contribution < -0.4 is 14.8 Å². The summed E-state index contributed by atoms with van der Waals surface area (Å²) in [5.74, 6) is 1.20. The van der Waals surface area contributed by atoms with Crippen LogP contribution in [0.4, 0.5) is 0 Å². The largest absolute Gasteiger partial charge is 0.497 e. The Hall–Kier alpha value is -3.38. The average Bonchev–Trinajstić information content (AvgIpc) is 2.89. The quantitative estimate of drug-likeness (QED) is 0.508. The van der Waals surface area contributed by atoms with Gasteiger partial charge in [0.25, 0.3) is 0 Å². The van der Waals surface area contributed by atoms with Gasteiger partial charge in [0.1, 0.15) is 11.5 Å². The Morgan fingerprint density at radius 3 is 1.74 bits per heavy atom. The molecule has 6 heteroatoms. The van der Waals surface area contributed by atoms with Crippen molar-refractivity contribution in [3.8, 4) is 11.5 Å². The number of likely N-dealkylation sites (N-methyl/N-ethyl adjacent to an activating group) is 1. The van der Waals surface area contributed by atoms with Crippen molar-refractivity contribution >= 4 is 23.8 Å². The van der Waals surface area contributed by atoms with Crippen LogP contribution in [0.1, 0.15) is 37.8 Å². The van der Waals surface area contributed by atoms with Gasteiger partial charge in [-0.25, -0.2) is 0 Å². The zero-order valence-electron chi connectivity index (χ0n) is 21.2. The highest BCUT2D eigenvalue weighted by Crippen LogP contribution is 2.33. The normalized spacial score (nSPS) is 18.2. The number of rotatable bonds is 10. The summed E-state index contributed by atoms with van der Waals surface area (Å²) in [6.45, 7) is 7.55. The van der Waals surface area contributed by atoms with E-state index in [1.165, 1.54) is 0 Å². The van der Waals surface area contributed by atoms with Gasteiger partial charge in [-0.15, -0.1) is 0 Å². The zero-order chi connectivity index (χ0) is 25.2. The Morgan fingerprint density at radius 1 is 0.886 bits per heavy atom. The fourth-order valence-corrected chi connectivity index (χ4v) is 4.25. The molecule has 1 N–H and O–H groups in total. The van der Waals surface area contributed by atoms with Gasteiger partial charge in [-0.05, 0) is 73.5 Å². The number of allylic oxidation sites excluding steroid dienone is 2. The minimum absolute atomic E-state index is 0.00841. The van der Waals surface area contributed by atoms with Gasteiger partial charge in [-0.2, -0.15) is 0 Å². The summed E-state index contributed by atoms with van der Waals surface area (Å²) in [6, 6.07) is 15.1. The lowest BCUT2D eigenvalue weighted by Crippen LogP contribution is -2.39. The van der Waals surface area contributed by atoms with E-state index in [9.17, 15) is 9.59 Å². The highest BCUT2D eigenvalue weighted by Gasteiger charge is 2.32. The zero-order valence-corrected chi connectivity index (χ0v) is 21.2. The Labute approximate surface area is 208 Å². The number of hydrogen-bond acceptors (Lipinski definition) is 5.